The average molecular weight is 334 g/mol. The van der Waals surface area contributed by atoms with E-state index in [0.29, 0.717) is 0 Å². The van der Waals surface area contributed by atoms with Crippen molar-refractivity contribution in [2.75, 3.05) is 11.4 Å². The first kappa shape index (κ1) is 14.7. The number of nitrogens with zero attached hydrogens (tertiary/aromatic N) is 1. The standard InChI is InChI=1S/C21H19FN2O/c22-15-7-8-18-16(12-15)17(13-23-18)21(9-10-21)20(25)24-11-3-5-14-4-1-2-6-19(14)24/h1-2,4,6-8,12-13,23H,3,5,9-11H2. The molecule has 0 radical (unpaired) electrons. The molecule has 4 heteroatoms. The summed E-state index contributed by atoms with van der Waals surface area (Å²) in [6, 6.07) is 12.9. The lowest BCUT2D eigenvalue weighted by Crippen LogP contribution is -2.42. The van der Waals surface area contributed by atoms with Gasteiger partial charge >= 0.3 is 0 Å². The second kappa shape index (κ2) is 5.19. The molecule has 0 bridgehead atoms. The monoisotopic (exact) mass is 334 g/mol. The lowest BCUT2D eigenvalue weighted by molar-refractivity contribution is -0.121. The van der Waals surface area contributed by atoms with Crippen LogP contribution in [0.5, 0.6) is 0 Å². The van der Waals surface area contributed by atoms with Gasteiger partial charge in [-0.25, -0.2) is 4.39 Å². The largest absolute Gasteiger partial charge is 0.361 e. The zero-order valence-electron chi connectivity index (χ0n) is 13.9. The van der Waals surface area contributed by atoms with Crippen LogP contribution in [0.25, 0.3) is 10.9 Å². The topological polar surface area (TPSA) is 36.1 Å². The molecular weight excluding hydrogens is 315 g/mol. The summed E-state index contributed by atoms with van der Waals surface area (Å²) in [5.41, 5.74) is 3.60. The van der Waals surface area contributed by atoms with Gasteiger partial charge in [0, 0.05) is 29.3 Å². The summed E-state index contributed by atoms with van der Waals surface area (Å²) in [4.78, 5) is 18.6. The summed E-state index contributed by atoms with van der Waals surface area (Å²) < 4.78 is 13.7. The molecule has 0 unspecified atom stereocenters. The smallest absolute Gasteiger partial charge is 0.237 e. The number of amides is 1. The normalized spacial score (nSPS) is 18.2. The zero-order chi connectivity index (χ0) is 17.0. The molecule has 2 heterocycles. The SMILES string of the molecule is O=C(N1CCCc2ccccc21)C1(c2c[nH]c3ccc(F)cc23)CC1. The molecule has 1 fully saturated rings. The van der Waals surface area contributed by atoms with E-state index in [1.807, 2.05) is 29.3 Å². The molecule has 2 aliphatic rings. The molecule has 25 heavy (non-hydrogen) atoms. The van der Waals surface area contributed by atoms with E-state index in [1.54, 1.807) is 12.1 Å². The molecular formula is C21H19FN2O. The maximum atomic E-state index is 13.7. The predicted molar refractivity (Wildman–Crippen MR) is 96.3 cm³/mol. The molecule has 3 nitrogen and oxygen atoms in total. The van der Waals surface area contributed by atoms with Gasteiger partial charge in [0.2, 0.25) is 5.91 Å². The van der Waals surface area contributed by atoms with Gasteiger partial charge in [-0.2, -0.15) is 0 Å². The van der Waals surface area contributed by atoms with Crippen molar-refractivity contribution in [3.05, 3.63) is 65.6 Å². The molecule has 1 amide bonds. The molecule has 2 aromatic carbocycles. The Bertz CT molecular complexity index is 986. The molecule has 3 aromatic rings. The second-order valence-corrected chi connectivity index (χ2v) is 7.16. The van der Waals surface area contributed by atoms with Gasteiger partial charge in [-0.3, -0.25) is 4.79 Å². The number of hydrogen-bond acceptors (Lipinski definition) is 1. The maximum Gasteiger partial charge on any atom is 0.237 e. The predicted octanol–water partition coefficient (Wildman–Crippen LogP) is 4.32. The number of para-hydroxylation sites is 1. The Labute approximate surface area is 145 Å². The van der Waals surface area contributed by atoms with Crippen LogP contribution >= 0.6 is 0 Å². The Hall–Kier alpha value is -2.62. The highest BCUT2D eigenvalue weighted by Gasteiger charge is 2.54. The molecule has 126 valence electrons. The Kier molecular flexibility index (Phi) is 3.05. The third kappa shape index (κ3) is 2.13. The van der Waals surface area contributed by atoms with Crippen LogP contribution in [0.2, 0.25) is 0 Å². The van der Waals surface area contributed by atoms with Gasteiger partial charge in [0.25, 0.3) is 0 Å². The summed E-state index contributed by atoms with van der Waals surface area (Å²) in [7, 11) is 0. The number of carbonyl (C=O) groups excluding carboxylic acids is 1. The van der Waals surface area contributed by atoms with Crippen molar-refractivity contribution in [3.8, 4) is 0 Å². The first-order valence-corrected chi connectivity index (χ1v) is 8.86. The number of benzene rings is 2. The summed E-state index contributed by atoms with van der Waals surface area (Å²) in [5.74, 6) is -0.107. The lowest BCUT2D eigenvalue weighted by Gasteiger charge is -2.32. The molecule has 1 aliphatic carbocycles. The molecule has 0 spiro atoms. The van der Waals surface area contributed by atoms with Gasteiger partial charge in [-0.05, 0) is 61.1 Å². The lowest BCUT2D eigenvalue weighted by atomic mass is 9.91. The molecule has 5 rings (SSSR count). The highest BCUT2D eigenvalue weighted by Crippen LogP contribution is 2.52. The van der Waals surface area contributed by atoms with E-state index in [1.165, 1.54) is 11.6 Å². The highest BCUT2D eigenvalue weighted by atomic mass is 19.1. The second-order valence-electron chi connectivity index (χ2n) is 7.16. The first-order chi connectivity index (χ1) is 12.2. The van der Waals surface area contributed by atoms with Gasteiger partial charge < -0.3 is 9.88 Å². The number of anilines is 1. The molecule has 1 saturated carbocycles. The van der Waals surface area contributed by atoms with E-state index in [-0.39, 0.29) is 11.7 Å². The van der Waals surface area contributed by atoms with Crippen molar-refractivity contribution >= 4 is 22.5 Å². The van der Waals surface area contributed by atoms with E-state index >= 15 is 0 Å². The number of fused-ring (bicyclic) bond motifs is 2. The summed E-state index contributed by atoms with van der Waals surface area (Å²) in [6.07, 6.45) is 5.55. The van der Waals surface area contributed by atoms with E-state index in [0.717, 1.165) is 54.4 Å². The van der Waals surface area contributed by atoms with Crippen LogP contribution in [0, 0.1) is 5.82 Å². The molecule has 1 N–H and O–H groups in total. The number of halogens is 1. The van der Waals surface area contributed by atoms with Gasteiger partial charge in [0.05, 0.1) is 5.41 Å². The minimum Gasteiger partial charge on any atom is -0.361 e. The summed E-state index contributed by atoms with van der Waals surface area (Å²) in [6.45, 7) is 0.758. The molecule has 1 aromatic heterocycles. The Morgan fingerprint density at radius 1 is 1.16 bits per heavy atom. The van der Waals surface area contributed by atoms with E-state index in [4.69, 9.17) is 0 Å². The Morgan fingerprint density at radius 3 is 2.84 bits per heavy atom. The van der Waals surface area contributed by atoms with Crippen LogP contribution in [-0.2, 0) is 16.6 Å². The molecule has 1 aliphatic heterocycles. The quantitative estimate of drug-likeness (QED) is 0.744. The van der Waals surface area contributed by atoms with Crippen molar-refractivity contribution in [2.45, 2.75) is 31.1 Å². The van der Waals surface area contributed by atoms with Crippen molar-refractivity contribution in [2.24, 2.45) is 0 Å². The van der Waals surface area contributed by atoms with Crippen molar-refractivity contribution in [1.29, 1.82) is 0 Å². The molecule has 0 atom stereocenters. The maximum absolute atomic E-state index is 13.7. The minimum absolute atomic E-state index is 0.157. The number of aromatic amines is 1. The third-order valence-electron chi connectivity index (χ3n) is 5.67. The summed E-state index contributed by atoms with van der Waals surface area (Å²) >= 11 is 0. The van der Waals surface area contributed by atoms with Crippen LogP contribution < -0.4 is 4.90 Å². The van der Waals surface area contributed by atoms with Crippen LogP contribution in [-0.4, -0.2) is 17.4 Å². The number of aryl methyl sites for hydroxylation is 1. The number of aromatic nitrogens is 1. The number of nitrogens with one attached hydrogen (secondary N) is 1. The van der Waals surface area contributed by atoms with Gasteiger partial charge in [-0.1, -0.05) is 18.2 Å². The number of carbonyl (C=O) groups is 1. The van der Waals surface area contributed by atoms with E-state index in [9.17, 15) is 9.18 Å². The van der Waals surface area contributed by atoms with Crippen LogP contribution in [0.1, 0.15) is 30.4 Å². The fourth-order valence-corrected chi connectivity index (χ4v) is 4.22. The van der Waals surface area contributed by atoms with E-state index in [2.05, 4.69) is 11.1 Å². The van der Waals surface area contributed by atoms with Crippen LogP contribution in [0.15, 0.2) is 48.7 Å². The molecule has 0 saturated heterocycles. The number of rotatable bonds is 2. The van der Waals surface area contributed by atoms with Crippen LogP contribution in [0.4, 0.5) is 10.1 Å². The van der Waals surface area contributed by atoms with Gasteiger partial charge in [0.15, 0.2) is 0 Å². The van der Waals surface area contributed by atoms with Crippen molar-refractivity contribution in [3.63, 3.8) is 0 Å². The highest BCUT2D eigenvalue weighted by molar-refractivity contribution is 6.06. The fraction of sp³-hybridized carbons (Fsp3) is 0.286. The zero-order valence-corrected chi connectivity index (χ0v) is 13.9. The van der Waals surface area contributed by atoms with Crippen molar-refractivity contribution < 1.29 is 9.18 Å². The number of H-pyrrole nitrogens is 1. The third-order valence-corrected chi connectivity index (χ3v) is 5.67. The number of hydrogen-bond donors (Lipinski definition) is 1. The fourth-order valence-electron chi connectivity index (χ4n) is 4.22. The van der Waals surface area contributed by atoms with Crippen LogP contribution in [0.3, 0.4) is 0 Å². The van der Waals surface area contributed by atoms with E-state index < -0.39 is 5.41 Å². The van der Waals surface area contributed by atoms with Crippen molar-refractivity contribution in [1.82, 2.24) is 4.98 Å². The van der Waals surface area contributed by atoms with Gasteiger partial charge in [0.1, 0.15) is 5.82 Å². The minimum atomic E-state index is -0.503. The Morgan fingerprint density at radius 2 is 2.00 bits per heavy atom. The summed E-state index contributed by atoms with van der Waals surface area (Å²) in [5, 5.41) is 0.830. The first-order valence-electron chi connectivity index (χ1n) is 8.86. The average Bonchev–Trinajstić information content (AvgIpc) is 3.34. The Balaban J connectivity index is 1.59. The van der Waals surface area contributed by atoms with Gasteiger partial charge in [-0.15, -0.1) is 0 Å².